The van der Waals surface area contributed by atoms with Gasteiger partial charge < -0.3 is 15.3 Å². The largest absolute Gasteiger partial charge is 0.396 e. The lowest BCUT2D eigenvalue weighted by atomic mass is 9.91. The molecule has 0 unspecified atom stereocenters. The molecule has 2 rings (SSSR count). The molecular weight excluding hydrogens is 254 g/mol. The van der Waals surface area contributed by atoms with Gasteiger partial charge in [0.05, 0.1) is 11.9 Å². The lowest BCUT2D eigenvalue weighted by Crippen LogP contribution is -2.45. The molecule has 1 fully saturated rings. The molecule has 1 amide bonds. The van der Waals surface area contributed by atoms with E-state index in [4.69, 9.17) is 5.11 Å². The van der Waals surface area contributed by atoms with Gasteiger partial charge in [0.1, 0.15) is 5.69 Å². The summed E-state index contributed by atoms with van der Waals surface area (Å²) < 4.78 is 0. The molecule has 1 aromatic rings. The molecule has 2 N–H and O–H groups in total. The second-order valence-corrected chi connectivity index (χ2v) is 5.12. The van der Waals surface area contributed by atoms with E-state index in [0.29, 0.717) is 24.7 Å². The van der Waals surface area contributed by atoms with Crippen molar-refractivity contribution in [2.45, 2.75) is 38.6 Å². The zero-order valence-electron chi connectivity index (χ0n) is 12.0. The number of carbonyl (C=O) groups is 1. The SMILES string of the molecule is CCNc1ccc(C(=O)N(CCCO)C2CCC2)nc1. The Morgan fingerprint density at radius 3 is 2.80 bits per heavy atom. The molecule has 5 nitrogen and oxygen atoms in total. The fourth-order valence-electron chi connectivity index (χ4n) is 2.37. The number of aliphatic hydroxyl groups is 1. The minimum atomic E-state index is -0.0220. The fraction of sp³-hybridized carbons (Fsp3) is 0.600. The number of carbonyl (C=O) groups excluding carboxylic acids is 1. The summed E-state index contributed by atoms with van der Waals surface area (Å²) >= 11 is 0. The minimum Gasteiger partial charge on any atom is -0.396 e. The number of amides is 1. The van der Waals surface area contributed by atoms with E-state index in [2.05, 4.69) is 10.3 Å². The number of nitrogens with zero attached hydrogens (tertiary/aromatic N) is 2. The van der Waals surface area contributed by atoms with E-state index in [1.54, 1.807) is 12.3 Å². The third-order valence-electron chi connectivity index (χ3n) is 3.70. The van der Waals surface area contributed by atoms with Gasteiger partial charge in [-0.25, -0.2) is 4.98 Å². The van der Waals surface area contributed by atoms with Gasteiger partial charge in [-0.05, 0) is 44.7 Å². The van der Waals surface area contributed by atoms with Crippen molar-refractivity contribution in [3.8, 4) is 0 Å². The molecule has 0 radical (unpaired) electrons. The highest BCUT2D eigenvalue weighted by Gasteiger charge is 2.29. The van der Waals surface area contributed by atoms with Crippen LogP contribution in [0.15, 0.2) is 18.3 Å². The van der Waals surface area contributed by atoms with Crippen molar-refractivity contribution in [2.75, 3.05) is 25.0 Å². The van der Waals surface area contributed by atoms with Crippen molar-refractivity contribution in [1.29, 1.82) is 0 Å². The predicted octanol–water partition coefficient (Wildman–Crippen LogP) is 1.89. The first kappa shape index (κ1) is 14.8. The van der Waals surface area contributed by atoms with Crippen LogP contribution >= 0.6 is 0 Å². The predicted molar refractivity (Wildman–Crippen MR) is 78.8 cm³/mol. The maximum atomic E-state index is 12.5. The summed E-state index contributed by atoms with van der Waals surface area (Å²) in [6, 6.07) is 3.98. The Hall–Kier alpha value is -1.62. The summed E-state index contributed by atoms with van der Waals surface area (Å²) in [6.07, 6.45) is 5.62. The maximum absolute atomic E-state index is 12.5. The second kappa shape index (κ2) is 7.24. The molecule has 0 aliphatic heterocycles. The van der Waals surface area contributed by atoms with Crippen LogP contribution < -0.4 is 5.32 Å². The van der Waals surface area contributed by atoms with Crippen molar-refractivity contribution in [2.24, 2.45) is 0 Å². The van der Waals surface area contributed by atoms with E-state index < -0.39 is 0 Å². The molecule has 0 aromatic carbocycles. The molecular formula is C15H23N3O2. The Balaban J connectivity index is 2.05. The molecule has 0 spiro atoms. The Kier molecular flexibility index (Phi) is 5.35. The number of nitrogens with one attached hydrogen (secondary N) is 1. The molecule has 20 heavy (non-hydrogen) atoms. The highest BCUT2D eigenvalue weighted by molar-refractivity contribution is 5.92. The third-order valence-corrected chi connectivity index (χ3v) is 3.70. The summed E-state index contributed by atoms with van der Waals surface area (Å²) in [6.45, 7) is 3.58. The standard InChI is InChI=1S/C15H23N3O2/c1-2-16-12-7-8-14(17-11-12)15(20)18(9-4-10-19)13-5-3-6-13/h7-8,11,13,16,19H,2-6,9-10H2,1H3. The molecule has 0 saturated heterocycles. The van der Waals surface area contributed by atoms with Crippen LogP contribution in [0, 0.1) is 0 Å². The number of rotatable bonds is 7. The monoisotopic (exact) mass is 277 g/mol. The Morgan fingerprint density at radius 1 is 1.50 bits per heavy atom. The van der Waals surface area contributed by atoms with Gasteiger partial charge in [0.2, 0.25) is 0 Å². The van der Waals surface area contributed by atoms with Crippen LogP contribution in [0.4, 0.5) is 5.69 Å². The summed E-state index contributed by atoms with van der Waals surface area (Å²) in [5.41, 5.74) is 1.41. The highest BCUT2D eigenvalue weighted by Crippen LogP contribution is 2.26. The number of hydrogen-bond donors (Lipinski definition) is 2. The first-order valence-corrected chi connectivity index (χ1v) is 7.38. The smallest absolute Gasteiger partial charge is 0.272 e. The van der Waals surface area contributed by atoms with Crippen LogP contribution in [0.1, 0.15) is 43.1 Å². The average Bonchev–Trinajstić information content (AvgIpc) is 2.42. The van der Waals surface area contributed by atoms with Gasteiger partial charge in [-0.2, -0.15) is 0 Å². The minimum absolute atomic E-state index is 0.0220. The van der Waals surface area contributed by atoms with Crippen molar-refractivity contribution >= 4 is 11.6 Å². The first-order valence-electron chi connectivity index (χ1n) is 7.38. The Morgan fingerprint density at radius 2 is 2.30 bits per heavy atom. The maximum Gasteiger partial charge on any atom is 0.272 e. The van der Waals surface area contributed by atoms with Crippen LogP contribution in [0.25, 0.3) is 0 Å². The molecule has 0 bridgehead atoms. The van der Waals surface area contributed by atoms with Gasteiger partial charge in [-0.3, -0.25) is 4.79 Å². The van der Waals surface area contributed by atoms with Gasteiger partial charge in [-0.15, -0.1) is 0 Å². The zero-order valence-corrected chi connectivity index (χ0v) is 12.0. The van der Waals surface area contributed by atoms with E-state index in [9.17, 15) is 4.79 Å². The van der Waals surface area contributed by atoms with E-state index >= 15 is 0 Å². The van der Waals surface area contributed by atoms with Gasteiger partial charge in [0.15, 0.2) is 0 Å². The average molecular weight is 277 g/mol. The van der Waals surface area contributed by atoms with E-state index in [-0.39, 0.29) is 12.5 Å². The molecule has 1 aliphatic carbocycles. The highest BCUT2D eigenvalue weighted by atomic mass is 16.3. The van der Waals surface area contributed by atoms with E-state index in [1.807, 2.05) is 17.9 Å². The van der Waals surface area contributed by atoms with Crippen molar-refractivity contribution in [3.05, 3.63) is 24.0 Å². The van der Waals surface area contributed by atoms with E-state index in [1.165, 1.54) is 6.42 Å². The molecule has 1 aromatic heterocycles. The topological polar surface area (TPSA) is 65.5 Å². The number of anilines is 1. The molecule has 0 atom stereocenters. The molecule has 1 heterocycles. The normalized spacial score (nSPS) is 14.7. The molecule has 5 heteroatoms. The fourth-order valence-corrected chi connectivity index (χ4v) is 2.37. The zero-order chi connectivity index (χ0) is 14.4. The molecule has 1 aliphatic rings. The number of aliphatic hydroxyl groups excluding tert-OH is 1. The quantitative estimate of drug-likeness (QED) is 0.799. The van der Waals surface area contributed by atoms with E-state index in [0.717, 1.165) is 25.1 Å². The van der Waals surface area contributed by atoms with Crippen molar-refractivity contribution < 1.29 is 9.90 Å². The summed E-state index contributed by atoms with van der Waals surface area (Å²) in [4.78, 5) is 18.6. The second-order valence-electron chi connectivity index (χ2n) is 5.12. The van der Waals surface area contributed by atoms with Crippen LogP contribution in [0.5, 0.6) is 0 Å². The van der Waals surface area contributed by atoms with Crippen LogP contribution in [-0.2, 0) is 0 Å². The van der Waals surface area contributed by atoms with Crippen molar-refractivity contribution in [3.63, 3.8) is 0 Å². The first-order chi connectivity index (χ1) is 9.76. The van der Waals surface area contributed by atoms with Crippen LogP contribution in [-0.4, -0.2) is 46.6 Å². The van der Waals surface area contributed by atoms with Gasteiger partial charge in [-0.1, -0.05) is 0 Å². The lowest BCUT2D eigenvalue weighted by molar-refractivity contribution is 0.0556. The number of pyridine rings is 1. The van der Waals surface area contributed by atoms with Gasteiger partial charge in [0.25, 0.3) is 5.91 Å². The third kappa shape index (κ3) is 3.48. The molecule has 110 valence electrons. The summed E-state index contributed by atoms with van der Waals surface area (Å²) in [5, 5.41) is 12.1. The lowest BCUT2D eigenvalue weighted by Gasteiger charge is -2.37. The molecule has 1 saturated carbocycles. The van der Waals surface area contributed by atoms with Crippen LogP contribution in [0.3, 0.4) is 0 Å². The number of aromatic nitrogens is 1. The van der Waals surface area contributed by atoms with Crippen molar-refractivity contribution in [1.82, 2.24) is 9.88 Å². The Bertz CT molecular complexity index is 429. The van der Waals surface area contributed by atoms with Gasteiger partial charge in [0, 0.05) is 25.7 Å². The van der Waals surface area contributed by atoms with Crippen LogP contribution in [0.2, 0.25) is 0 Å². The number of hydrogen-bond acceptors (Lipinski definition) is 4. The summed E-state index contributed by atoms with van der Waals surface area (Å²) in [7, 11) is 0. The Labute approximate surface area is 120 Å². The van der Waals surface area contributed by atoms with Gasteiger partial charge >= 0.3 is 0 Å². The summed E-state index contributed by atoms with van der Waals surface area (Å²) in [5.74, 6) is -0.0220.